The molecule has 3 rings (SSSR count). The summed E-state index contributed by atoms with van der Waals surface area (Å²) in [5.74, 6) is 0.405. The Balaban J connectivity index is 1.42. The number of carbonyl (C=O) groups is 2. The summed E-state index contributed by atoms with van der Waals surface area (Å²) >= 11 is 0. The van der Waals surface area contributed by atoms with E-state index in [9.17, 15) is 14.4 Å². The van der Waals surface area contributed by atoms with Gasteiger partial charge in [-0.3, -0.25) is 14.4 Å². The van der Waals surface area contributed by atoms with Crippen LogP contribution in [0.15, 0.2) is 53.3 Å². The van der Waals surface area contributed by atoms with E-state index < -0.39 is 12.1 Å². The second kappa shape index (κ2) is 10.4. The molecule has 0 aliphatic carbocycles. The Morgan fingerprint density at radius 1 is 1.13 bits per heavy atom. The molecule has 0 saturated heterocycles. The Labute approximate surface area is 179 Å². The van der Waals surface area contributed by atoms with E-state index >= 15 is 0 Å². The fourth-order valence-electron chi connectivity index (χ4n) is 3.04. The van der Waals surface area contributed by atoms with Gasteiger partial charge in [0.05, 0.1) is 18.0 Å². The van der Waals surface area contributed by atoms with Gasteiger partial charge in [0, 0.05) is 19.4 Å². The summed E-state index contributed by atoms with van der Waals surface area (Å²) in [6, 6.07) is 14.4. The quantitative estimate of drug-likeness (QED) is 0.512. The number of rotatable bonds is 9. The van der Waals surface area contributed by atoms with E-state index in [0.717, 1.165) is 11.3 Å². The van der Waals surface area contributed by atoms with Crippen LogP contribution in [-0.2, 0) is 27.3 Å². The lowest BCUT2D eigenvalue weighted by Gasteiger charge is -2.13. The van der Waals surface area contributed by atoms with Gasteiger partial charge < -0.3 is 19.8 Å². The van der Waals surface area contributed by atoms with Crippen molar-refractivity contribution >= 4 is 22.8 Å². The lowest BCUT2D eigenvalue weighted by atomic mass is 10.2. The highest BCUT2D eigenvalue weighted by molar-refractivity contribution is 5.83. The number of aromatic nitrogens is 2. The smallest absolute Gasteiger partial charge is 0.306 e. The molecule has 162 valence electrons. The fraction of sp³-hybridized carbons (Fsp3) is 0.304. The topological polar surface area (TPSA) is 110 Å². The summed E-state index contributed by atoms with van der Waals surface area (Å²) in [7, 11) is 1.59. The van der Waals surface area contributed by atoms with Crippen LogP contribution < -0.4 is 15.6 Å². The molecule has 0 fully saturated rings. The minimum Gasteiger partial charge on any atom is -0.497 e. The van der Waals surface area contributed by atoms with Crippen molar-refractivity contribution < 1.29 is 19.1 Å². The van der Waals surface area contributed by atoms with Crippen LogP contribution in [0.25, 0.3) is 10.9 Å². The number of benzene rings is 2. The Morgan fingerprint density at radius 2 is 1.87 bits per heavy atom. The first-order chi connectivity index (χ1) is 15.0. The van der Waals surface area contributed by atoms with Crippen molar-refractivity contribution in [2.45, 2.75) is 38.8 Å². The Morgan fingerprint density at radius 3 is 2.61 bits per heavy atom. The van der Waals surface area contributed by atoms with Crippen molar-refractivity contribution in [3.8, 4) is 5.75 Å². The van der Waals surface area contributed by atoms with Crippen LogP contribution >= 0.6 is 0 Å². The average Bonchev–Trinajstić information content (AvgIpc) is 2.77. The number of para-hydroxylation sites is 1. The van der Waals surface area contributed by atoms with Crippen LogP contribution in [0.2, 0.25) is 0 Å². The molecule has 1 heterocycles. The van der Waals surface area contributed by atoms with Crippen LogP contribution in [0.5, 0.6) is 5.75 Å². The number of nitrogens with one attached hydrogen (secondary N) is 2. The van der Waals surface area contributed by atoms with Crippen molar-refractivity contribution in [3.05, 3.63) is 70.3 Å². The summed E-state index contributed by atoms with van der Waals surface area (Å²) in [5.41, 5.74) is 1.32. The second-order valence-electron chi connectivity index (χ2n) is 7.08. The summed E-state index contributed by atoms with van der Waals surface area (Å²) in [6.07, 6.45) is 0.0875. The number of carbonyl (C=O) groups excluding carboxylic acids is 2. The standard InChI is InChI=1S/C23H25N3O5/c1-15(22(28)24-14-16-10-12-17(30-2)13-11-16)31-21(27)9-5-8-20-25-19-7-4-3-6-18(19)23(29)26-20/h3-4,6-7,10-13,15H,5,8-9,14H2,1-2H3,(H,24,28)(H,25,26,29)/t15-/m0/s1. The third-order valence-corrected chi connectivity index (χ3v) is 4.76. The highest BCUT2D eigenvalue weighted by Crippen LogP contribution is 2.11. The van der Waals surface area contributed by atoms with Gasteiger partial charge in [0.1, 0.15) is 11.6 Å². The van der Waals surface area contributed by atoms with E-state index in [-0.39, 0.29) is 17.9 Å². The lowest BCUT2D eigenvalue weighted by molar-refractivity contribution is -0.154. The average molecular weight is 423 g/mol. The van der Waals surface area contributed by atoms with Gasteiger partial charge in [0.2, 0.25) is 0 Å². The molecule has 0 saturated carbocycles. The first-order valence-electron chi connectivity index (χ1n) is 10.0. The normalized spacial score (nSPS) is 11.7. The van der Waals surface area contributed by atoms with Gasteiger partial charge >= 0.3 is 5.97 Å². The molecule has 0 spiro atoms. The van der Waals surface area contributed by atoms with Crippen molar-refractivity contribution in [1.29, 1.82) is 0 Å². The highest BCUT2D eigenvalue weighted by Gasteiger charge is 2.17. The number of methoxy groups -OCH3 is 1. The Kier molecular flexibility index (Phi) is 7.37. The number of ether oxygens (including phenoxy) is 2. The van der Waals surface area contributed by atoms with E-state index in [2.05, 4.69) is 15.3 Å². The van der Waals surface area contributed by atoms with E-state index in [1.807, 2.05) is 30.3 Å². The maximum atomic E-state index is 12.2. The second-order valence-corrected chi connectivity index (χ2v) is 7.08. The van der Waals surface area contributed by atoms with Crippen LogP contribution in [0.4, 0.5) is 0 Å². The molecule has 8 heteroatoms. The number of fused-ring (bicyclic) bond motifs is 1. The van der Waals surface area contributed by atoms with E-state index in [4.69, 9.17) is 9.47 Å². The zero-order chi connectivity index (χ0) is 22.2. The molecule has 2 N–H and O–H groups in total. The Bertz CT molecular complexity index is 1110. The van der Waals surface area contributed by atoms with Crippen molar-refractivity contribution in [2.24, 2.45) is 0 Å². The number of aromatic amines is 1. The first kappa shape index (κ1) is 22.0. The zero-order valence-corrected chi connectivity index (χ0v) is 17.5. The molecule has 0 aliphatic rings. The maximum absolute atomic E-state index is 12.2. The monoisotopic (exact) mass is 423 g/mol. The minimum atomic E-state index is -0.899. The number of esters is 1. The first-order valence-corrected chi connectivity index (χ1v) is 10.0. The molecule has 3 aromatic rings. The minimum absolute atomic E-state index is 0.118. The number of aryl methyl sites for hydroxylation is 1. The molecule has 1 aromatic heterocycles. The molecule has 0 radical (unpaired) electrons. The number of hydrogen-bond donors (Lipinski definition) is 2. The van der Waals surface area contributed by atoms with E-state index in [0.29, 0.717) is 36.1 Å². The summed E-state index contributed by atoms with van der Waals surface area (Å²) in [6.45, 7) is 1.86. The molecule has 2 aromatic carbocycles. The van der Waals surface area contributed by atoms with Gasteiger partial charge in [0.25, 0.3) is 11.5 Å². The lowest BCUT2D eigenvalue weighted by Crippen LogP contribution is -2.35. The predicted molar refractivity (Wildman–Crippen MR) is 116 cm³/mol. The van der Waals surface area contributed by atoms with Gasteiger partial charge in [-0.05, 0) is 43.2 Å². The molecule has 0 bridgehead atoms. The summed E-state index contributed by atoms with van der Waals surface area (Å²) in [4.78, 5) is 43.4. The van der Waals surface area contributed by atoms with Gasteiger partial charge in [-0.25, -0.2) is 4.98 Å². The third-order valence-electron chi connectivity index (χ3n) is 4.76. The third kappa shape index (κ3) is 6.15. The SMILES string of the molecule is COc1ccc(CNC(=O)[C@H](C)OC(=O)CCCc2nc3ccccc3c(=O)[nH]2)cc1. The van der Waals surface area contributed by atoms with Crippen LogP contribution in [0, 0.1) is 0 Å². The number of amides is 1. The predicted octanol–water partition coefficient (Wildman–Crippen LogP) is 2.50. The van der Waals surface area contributed by atoms with Gasteiger partial charge in [0.15, 0.2) is 6.10 Å². The van der Waals surface area contributed by atoms with E-state index in [1.165, 1.54) is 6.92 Å². The van der Waals surface area contributed by atoms with Crippen molar-refractivity contribution in [3.63, 3.8) is 0 Å². The highest BCUT2D eigenvalue weighted by atomic mass is 16.5. The van der Waals surface area contributed by atoms with Gasteiger partial charge in [-0.1, -0.05) is 24.3 Å². The van der Waals surface area contributed by atoms with E-state index in [1.54, 1.807) is 25.3 Å². The molecule has 31 heavy (non-hydrogen) atoms. The fourth-order valence-corrected chi connectivity index (χ4v) is 3.04. The van der Waals surface area contributed by atoms with Gasteiger partial charge in [-0.2, -0.15) is 0 Å². The molecule has 0 aliphatic heterocycles. The van der Waals surface area contributed by atoms with Crippen molar-refractivity contribution in [1.82, 2.24) is 15.3 Å². The molecule has 1 amide bonds. The summed E-state index contributed by atoms with van der Waals surface area (Å²) in [5, 5.41) is 3.27. The molecule has 0 unspecified atom stereocenters. The summed E-state index contributed by atoms with van der Waals surface area (Å²) < 4.78 is 10.3. The number of nitrogens with zero attached hydrogens (tertiary/aromatic N) is 1. The van der Waals surface area contributed by atoms with Crippen LogP contribution in [-0.4, -0.2) is 35.1 Å². The number of hydrogen-bond acceptors (Lipinski definition) is 6. The van der Waals surface area contributed by atoms with Crippen molar-refractivity contribution in [2.75, 3.05) is 7.11 Å². The largest absolute Gasteiger partial charge is 0.497 e. The molecule has 8 nitrogen and oxygen atoms in total. The molecular formula is C23H25N3O5. The number of H-pyrrole nitrogens is 1. The van der Waals surface area contributed by atoms with Gasteiger partial charge in [-0.15, -0.1) is 0 Å². The zero-order valence-electron chi connectivity index (χ0n) is 17.5. The maximum Gasteiger partial charge on any atom is 0.306 e. The Hall–Kier alpha value is -3.68. The molecular weight excluding hydrogens is 398 g/mol. The molecule has 1 atom stereocenters. The van der Waals surface area contributed by atoms with Crippen LogP contribution in [0.3, 0.4) is 0 Å². The van der Waals surface area contributed by atoms with Crippen LogP contribution in [0.1, 0.15) is 31.2 Å².